The van der Waals surface area contributed by atoms with Crippen LogP contribution in [-0.2, 0) is 0 Å². The van der Waals surface area contributed by atoms with Crippen LogP contribution in [0.1, 0.15) is 65.5 Å². The van der Waals surface area contributed by atoms with Crippen LogP contribution in [0.3, 0.4) is 0 Å². The average Bonchev–Trinajstić information content (AvgIpc) is 4.39. The summed E-state index contributed by atoms with van der Waals surface area (Å²) in [6, 6.07) is 80.2. The van der Waals surface area contributed by atoms with Crippen LogP contribution in [0.25, 0.3) is 98.4 Å². The van der Waals surface area contributed by atoms with Gasteiger partial charge in [-0.15, -0.1) is 0 Å². The van der Waals surface area contributed by atoms with Gasteiger partial charge in [0.15, 0.2) is 0 Å². The van der Waals surface area contributed by atoms with Crippen LogP contribution in [0.2, 0.25) is 0 Å². The topological polar surface area (TPSA) is 15.3 Å². The normalized spacial score (nSPS) is 11.9. The Kier molecular flexibility index (Phi) is 12.0. The predicted octanol–water partition coefficient (Wildman–Crippen LogP) is 22.1. The van der Waals surface area contributed by atoms with Gasteiger partial charge >= 0.3 is 0 Å². The second-order valence-electron chi connectivity index (χ2n) is 21.5. The molecular formula is C74H60F2N4. The molecule has 4 aromatic heterocycles. The van der Waals surface area contributed by atoms with E-state index in [0.717, 1.165) is 111 Å². The minimum atomic E-state index is -0.273. The highest BCUT2D eigenvalue weighted by Gasteiger charge is 2.32. The summed E-state index contributed by atoms with van der Waals surface area (Å²) in [5.74, 6) is 0.203. The third kappa shape index (κ3) is 7.31. The molecule has 15 rings (SSSR count). The Hall–Kier alpha value is -9.52. The van der Waals surface area contributed by atoms with Gasteiger partial charge < -0.3 is 18.6 Å². The van der Waals surface area contributed by atoms with E-state index >= 15 is 0 Å². The van der Waals surface area contributed by atoms with Crippen molar-refractivity contribution in [2.45, 2.75) is 54.4 Å². The fourth-order valence-corrected chi connectivity index (χ4v) is 13.0. The lowest BCUT2D eigenvalue weighted by Gasteiger charge is -2.27. The molecule has 11 aromatic carbocycles. The standard InChI is InChI=1S/C72H52F2N4.2CH4/c1-43(2)45-27-35-51(36-28-45)75(53-39-31-49(73)32-40-53)59-23-13-25-61-65(59)55-19-11-21-57-67-64(48-17-9-6-10-18-48)72-68(63(47-15-7-5-8-16-47)71(67)77(61)69(55)57)58-22-12-20-56-66-60(24-14-26-62(66)78(72)70(56)58)76(54-41-33-50(74)34-42-54)52-37-29-46(30-38-52)44(3)4;;/h5-44H,1-4H3;2*1H4. The molecule has 0 aliphatic rings. The van der Waals surface area contributed by atoms with Gasteiger partial charge in [0.1, 0.15) is 11.6 Å². The fraction of sp³-hybridized carbons (Fsp3) is 0.108. The summed E-state index contributed by atoms with van der Waals surface area (Å²) in [4.78, 5) is 4.57. The molecule has 0 atom stereocenters. The van der Waals surface area contributed by atoms with Crippen LogP contribution < -0.4 is 9.80 Å². The zero-order valence-corrected chi connectivity index (χ0v) is 43.6. The molecule has 390 valence electrons. The molecule has 4 nitrogen and oxygen atoms in total. The van der Waals surface area contributed by atoms with Gasteiger partial charge in [-0.2, -0.15) is 0 Å². The lowest BCUT2D eigenvalue weighted by atomic mass is 9.89. The van der Waals surface area contributed by atoms with Gasteiger partial charge in [-0.25, -0.2) is 8.78 Å². The molecule has 0 spiro atoms. The lowest BCUT2D eigenvalue weighted by Crippen LogP contribution is -2.10. The summed E-state index contributed by atoms with van der Waals surface area (Å²) in [6.45, 7) is 8.86. The number of aromatic nitrogens is 2. The van der Waals surface area contributed by atoms with Crippen molar-refractivity contribution >= 4 is 110 Å². The van der Waals surface area contributed by atoms with Gasteiger partial charge in [0.2, 0.25) is 0 Å². The first-order chi connectivity index (χ1) is 38.2. The maximum Gasteiger partial charge on any atom is 0.123 e. The van der Waals surface area contributed by atoms with Gasteiger partial charge in [0.25, 0.3) is 0 Å². The second kappa shape index (κ2) is 19.1. The van der Waals surface area contributed by atoms with Crippen LogP contribution in [0, 0.1) is 11.6 Å². The molecule has 0 amide bonds. The molecular weight excluding hydrogens is 983 g/mol. The molecule has 80 heavy (non-hydrogen) atoms. The zero-order chi connectivity index (χ0) is 52.5. The van der Waals surface area contributed by atoms with Crippen LogP contribution >= 0.6 is 0 Å². The van der Waals surface area contributed by atoms with E-state index in [4.69, 9.17) is 0 Å². The number of hydrogen-bond acceptors (Lipinski definition) is 2. The molecule has 0 bridgehead atoms. The summed E-state index contributed by atoms with van der Waals surface area (Å²) in [7, 11) is 0. The maximum absolute atomic E-state index is 14.8. The molecule has 0 aliphatic heterocycles. The minimum Gasteiger partial charge on any atom is -0.310 e. The number of hydrogen-bond donors (Lipinski definition) is 0. The summed E-state index contributed by atoms with van der Waals surface area (Å²) in [5.41, 5.74) is 19.6. The average molecular weight is 1040 g/mol. The number of halogens is 2. The number of rotatable bonds is 10. The summed E-state index contributed by atoms with van der Waals surface area (Å²) in [6.07, 6.45) is 0. The molecule has 6 heteroatoms. The van der Waals surface area contributed by atoms with Crippen molar-refractivity contribution in [3.8, 4) is 22.3 Å². The van der Waals surface area contributed by atoms with Crippen LogP contribution in [0.4, 0.5) is 42.9 Å². The molecule has 0 fully saturated rings. The van der Waals surface area contributed by atoms with Crippen molar-refractivity contribution in [3.63, 3.8) is 0 Å². The van der Waals surface area contributed by atoms with Crippen molar-refractivity contribution in [1.82, 2.24) is 8.80 Å². The summed E-state index contributed by atoms with van der Waals surface area (Å²) >= 11 is 0. The highest BCUT2D eigenvalue weighted by atomic mass is 19.1. The van der Waals surface area contributed by atoms with Crippen molar-refractivity contribution in [3.05, 3.63) is 253 Å². The molecule has 0 unspecified atom stereocenters. The van der Waals surface area contributed by atoms with Crippen LogP contribution in [-0.4, -0.2) is 8.80 Å². The summed E-state index contributed by atoms with van der Waals surface area (Å²) < 4.78 is 34.7. The van der Waals surface area contributed by atoms with Crippen molar-refractivity contribution < 1.29 is 8.78 Å². The molecule has 0 saturated carbocycles. The summed E-state index contributed by atoms with van der Waals surface area (Å²) in [5, 5.41) is 9.21. The van der Waals surface area contributed by atoms with Gasteiger partial charge in [-0.3, -0.25) is 0 Å². The number of fused-ring (bicyclic) bond motifs is 12. The number of benzene rings is 11. The number of nitrogens with zero attached hydrogens (tertiary/aromatic N) is 4. The molecule has 0 N–H and O–H groups in total. The van der Waals surface area contributed by atoms with Gasteiger partial charge in [-0.1, -0.05) is 176 Å². The zero-order valence-electron chi connectivity index (χ0n) is 43.6. The highest BCUT2D eigenvalue weighted by molar-refractivity contribution is 6.39. The van der Waals surface area contributed by atoms with E-state index in [1.54, 1.807) is 24.3 Å². The van der Waals surface area contributed by atoms with Gasteiger partial charge in [-0.05, 0) is 131 Å². The van der Waals surface area contributed by atoms with Crippen molar-refractivity contribution in [2.24, 2.45) is 0 Å². The van der Waals surface area contributed by atoms with E-state index in [1.807, 2.05) is 24.3 Å². The Bertz CT molecular complexity index is 4460. The Morgan fingerprint density at radius 3 is 0.963 bits per heavy atom. The molecule has 4 heterocycles. The first kappa shape index (κ1) is 50.0. The van der Waals surface area contributed by atoms with E-state index in [1.165, 1.54) is 33.0 Å². The molecule has 0 saturated heterocycles. The fourth-order valence-electron chi connectivity index (χ4n) is 13.0. The Morgan fingerprint density at radius 2 is 0.625 bits per heavy atom. The van der Waals surface area contributed by atoms with Gasteiger partial charge in [0, 0.05) is 77.0 Å². The van der Waals surface area contributed by atoms with Crippen LogP contribution in [0.15, 0.2) is 231 Å². The Labute approximate surface area is 465 Å². The third-order valence-electron chi connectivity index (χ3n) is 16.4. The van der Waals surface area contributed by atoms with Crippen molar-refractivity contribution in [1.29, 1.82) is 0 Å². The van der Waals surface area contributed by atoms with E-state index in [2.05, 4.69) is 228 Å². The lowest BCUT2D eigenvalue weighted by molar-refractivity contribution is 0.627. The van der Waals surface area contributed by atoms with E-state index < -0.39 is 0 Å². The highest BCUT2D eigenvalue weighted by Crippen LogP contribution is 2.56. The number of para-hydroxylation sites is 2. The smallest absolute Gasteiger partial charge is 0.123 e. The van der Waals surface area contributed by atoms with E-state index in [-0.39, 0.29) is 26.5 Å². The van der Waals surface area contributed by atoms with Gasteiger partial charge in [0.05, 0.1) is 44.5 Å². The monoisotopic (exact) mass is 1040 g/mol. The molecule has 0 aliphatic carbocycles. The molecule has 0 radical (unpaired) electrons. The first-order valence-electron chi connectivity index (χ1n) is 27.0. The second-order valence-corrected chi connectivity index (χ2v) is 21.5. The third-order valence-corrected chi connectivity index (χ3v) is 16.4. The van der Waals surface area contributed by atoms with Crippen molar-refractivity contribution in [2.75, 3.05) is 9.80 Å². The van der Waals surface area contributed by atoms with E-state index in [0.29, 0.717) is 11.8 Å². The first-order valence-corrected chi connectivity index (χ1v) is 27.0. The molecule has 15 aromatic rings. The number of anilines is 6. The van der Waals surface area contributed by atoms with Crippen LogP contribution in [0.5, 0.6) is 0 Å². The maximum atomic E-state index is 14.8. The predicted molar refractivity (Wildman–Crippen MR) is 338 cm³/mol. The quantitative estimate of drug-likeness (QED) is 0.136. The Morgan fingerprint density at radius 1 is 0.312 bits per heavy atom. The minimum absolute atomic E-state index is 0. The van der Waals surface area contributed by atoms with E-state index in [9.17, 15) is 8.78 Å². The Balaban J connectivity index is 0.00000302. The SMILES string of the molecule is C.C.CC(C)c1ccc(N(c2ccc(F)cc2)c2cccc3c2c2cccc4c5c(-c6ccccc6)c6c(c(-c7ccccc7)c5n3c24)c2cccc3c4c(N(c5ccc(F)cc5)c5ccc(C(C)C)cc5)cccc4n6c32)cc1. The largest absolute Gasteiger partial charge is 0.310 e.